The fourth-order valence-electron chi connectivity index (χ4n) is 4.22. The molecule has 1 heterocycles. The summed E-state index contributed by atoms with van der Waals surface area (Å²) in [6, 6.07) is 1.64. The summed E-state index contributed by atoms with van der Waals surface area (Å²) in [6.45, 7) is -0.440. The van der Waals surface area contributed by atoms with E-state index in [1.165, 1.54) is 28.8 Å². The predicted molar refractivity (Wildman–Crippen MR) is 146 cm³/mol. The Balaban J connectivity index is 2.11. The molecule has 0 unspecified atom stereocenters. The van der Waals surface area contributed by atoms with Gasteiger partial charge in [0.2, 0.25) is 29.5 Å². The number of carboxylic acids is 1. The van der Waals surface area contributed by atoms with Crippen LogP contribution in [0.15, 0.2) is 24.3 Å². The third-order valence-corrected chi connectivity index (χ3v) is 6.89. The van der Waals surface area contributed by atoms with Crippen molar-refractivity contribution in [3.8, 4) is 5.75 Å². The Morgan fingerprint density at radius 1 is 1.07 bits per heavy atom. The predicted octanol–water partition coefficient (Wildman–Crippen LogP) is -1.95. The SMILES string of the molecule is CSCC[C@H](NC(=O)[C@@H]1CCCN1C(=O)[C@H](CC(N)=O)NC(=O)[C@@H](N)Cc1ccc(O)cc1)C(=O)NCC(=O)O. The van der Waals surface area contributed by atoms with Crippen molar-refractivity contribution in [1.82, 2.24) is 20.9 Å². The molecule has 2 rings (SSSR count). The van der Waals surface area contributed by atoms with Gasteiger partial charge in [-0.3, -0.25) is 28.8 Å². The number of nitrogens with two attached hydrogens (primary N) is 2. The molecule has 5 amide bonds. The van der Waals surface area contributed by atoms with Crippen molar-refractivity contribution in [2.45, 2.75) is 56.3 Å². The van der Waals surface area contributed by atoms with Gasteiger partial charge < -0.3 is 42.5 Å². The molecule has 0 radical (unpaired) electrons. The van der Waals surface area contributed by atoms with E-state index in [2.05, 4.69) is 16.0 Å². The van der Waals surface area contributed by atoms with Gasteiger partial charge in [0.1, 0.15) is 30.4 Å². The van der Waals surface area contributed by atoms with Crippen LogP contribution in [-0.2, 0) is 35.2 Å². The normalized spacial score (nSPS) is 16.9. The first-order chi connectivity index (χ1) is 18.9. The number of nitrogens with one attached hydrogen (secondary N) is 3. The quantitative estimate of drug-likeness (QED) is 0.121. The van der Waals surface area contributed by atoms with Gasteiger partial charge in [0.15, 0.2) is 0 Å². The summed E-state index contributed by atoms with van der Waals surface area (Å²) < 4.78 is 0. The number of carboxylic acid groups (broad SMARTS) is 1. The molecule has 0 bridgehead atoms. The van der Waals surface area contributed by atoms with E-state index < -0.39 is 72.6 Å². The zero-order chi connectivity index (χ0) is 29.8. The number of amides is 5. The van der Waals surface area contributed by atoms with Crippen LogP contribution in [0, 0.1) is 0 Å². The molecule has 0 saturated carbocycles. The number of hydrogen-bond donors (Lipinski definition) is 7. The van der Waals surface area contributed by atoms with Gasteiger partial charge in [-0.2, -0.15) is 11.8 Å². The highest BCUT2D eigenvalue weighted by molar-refractivity contribution is 7.98. The van der Waals surface area contributed by atoms with Gasteiger partial charge in [-0.25, -0.2) is 0 Å². The number of primary amides is 1. The maximum Gasteiger partial charge on any atom is 0.322 e. The largest absolute Gasteiger partial charge is 0.508 e. The summed E-state index contributed by atoms with van der Waals surface area (Å²) in [5.74, 6) is -4.21. The lowest BCUT2D eigenvalue weighted by Gasteiger charge is -2.30. The van der Waals surface area contributed by atoms with Crippen molar-refractivity contribution in [3.05, 3.63) is 29.8 Å². The Kier molecular flexibility index (Phi) is 12.7. The molecule has 4 atom stereocenters. The molecule has 1 aliphatic rings. The molecule has 15 heteroatoms. The van der Waals surface area contributed by atoms with E-state index in [-0.39, 0.29) is 31.6 Å². The lowest BCUT2D eigenvalue weighted by molar-refractivity contribution is -0.143. The van der Waals surface area contributed by atoms with Crippen LogP contribution in [0.5, 0.6) is 5.75 Å². The van der Waals surface area contributed by atoms with Gasteiger partial charge in [-0.15, -0.1) is 0 Å². The molecule has 40 heavy (non-hydrogen) atoms. The van der Waals surface area contributed by atoms with Crippen molar-refractivity contribution in [3.63, 3.8) is 0 Å². The van der Waals surface area contributed by atoms with Gasteiger partial charge in [0.05, 0.1) is 12.5 Å². The van der Waals surface area contributed by atoms with Crippen LogP contribution >= 0.6 is 11.8 Å². The molecule has 0 aliphatic carbocycles. The summed E-state index contributed by atoms with van der Waals surface area (Å²) in [6.07, 6.45) is 2.37. The van der Waals surface area contributed by atoms with Crippen molar-refractivity contribution in [2.75, 3.05) is 25.1 Å². The number of aliphatic carboxylic acids is 1. The summed E-state index contributed by atoms with van der Waals surface area (Å²) in [4.78, 5) is 75.6. The van der Waals surface area contributed by atoms with Crippen LogP contribution in [0.25, 0.3) is 0 Å². The fourth-order valence-corrected chi connectivity index (χ4v) is 4.69. The molecule has 1 fully saturated rings. The lowest BCUT2D eigenvalue weighted by atomic mass is 10.0. The minimum atomic E-state index is -1.37. The van der Waals surface area contributed by atoms with Crippen LogP contribution in [0.1, 0.15) is 31.2 Å². The van der Waals surface area contributed by atoms with Crippen molar-refractivity contribution in [1.29, 1.82) is 0 Å². The molecule has 9 N–H and O–H groups in total. The Bertz CT molecular complexity index is 1090. The number of carbonyl (C=O) groups excluding carboxylic acids is 5. The van der Waals surface area contributed by atoms with Gasteiger partial charge in [-0.05, 0) is 55.4 Å². The zero-order valence-corrected chi connectivity index (χ0v) is 22.9. The minimum absolute atomic E-state index is 0.0505. The van der Waals surface area contributed by atoms with Crippen molar-refractivity contribution in [2.24, 2.45) is 11.5 Å². The lowest BCUT2D eigenvalue weighted by Crippen LogP contribution is -2.58. The van der Waals surface area contributed by atoms with Gasteiger partial charge in [0.25, 0.3) is 0 Å². The first kappa shape index (κ1) is 32.4. The van der Waals surface area contributed by atoms with E-state index in [1.54, 1.807) is 12.1 Å². The van der Waals surface area contributed by atoms with E-state index in [0.29, 0.717) is 17.7 Å². The highest BCUT2D eigenvalue weighted by Crippen LogP contribution is 2.20. The van der Waals surface area contributed by atoms with Crippen LogP contribution in [0.2, 0.25) is 0 Å². The highest BCUT2D eigenvalue weighted by atomic mass is 32.2. The highest BCUT2D eigenvalue weighted by Gasteiger charge is 2.39. The Hall–Kier alpha value is -3.85. The second kappa shape index (κ2) is 15.7. The molecule has 0 spiro atoms. The van der Waals surface area contributed by atoms with Gasteiger partial charge in [0, 0.05) is 6.54 Å². The van der Waals surface area contributed by atoms with Crippen LogP contribution in [0.4, 0.5) is 0 Å². The molecule has 0 aromatic heterocycles. The molecular weight excluding hydrogens is 544 g/mol. The van der Waals surface area contributed by atoms with Crippen LogP contribution in [0.3, 0.4) is 0 Å². The average molecular weight is 581 g/mol. The summed E-state index contributed by atoms with van der Waals surface area (Å²) in [5.41, 5.74) is 12.0. The molecule has 14 nitrogen and oxygen atoms in total. The number of nitrogens with zero attached hydrogens (tertiary/aromatic N) is 1. The number of likely N-dealkylation sites (tertiary alicyclic amines) is 1. The number of thioether (sulfide) groups is 1. The topological polar surface area (TPSA) is 234 Å². The number of benzene rings is 1. The summed E-state index contributed by atoms with van der Waals surface area (Å²) >= 11 is 1.44. The number of carbonyl (C=O) groups is 6. The summed E-state index contributed by atoms with van der Waals surface area (Å²) in [7, 11) is 0. The molecule has 1 aliphatic heterocycles. The van der Waals surface area contributed by atoms with Gasteiger partial charge in [-0.1, -0.05) is 12.1 Å². The van der Waals surface area contributed by atoms with E-state index >= 15 is 0 Å². The molecule has 1 aromatic rings. The maximum atomic E-state index is 13.4. The number of rotatable bonds is 15. The van der Waals surface area contributed by atoms with E-state index in [4.69, 9.17) is 16.6 Å². The monoisotopic (exact) mass is 580 g/mol. The maximum absolute atomic E-state index is 13.4. The standard InChI is InChI=1S/C25H36N6O8S/c1-40-10-8-17(23(37)28-13-21(34)35)29-24(38)19-3-2-9-31(19)25(39)18(12-20(27)33)30-22(36)16(26)11-14-4-6-15(32)7-5-14/h4-7,16-19,32H,2-3,8-13,26H2,1H3,(H2,27,33)(H,28,37)(H,29,38)(H,30,36)(H,34,35)/t16-,17-,18-,19-/m0/s1. The van der Waals surface area contributed by atoms with Crippen molar-refractivity contribution >= 4 is 47.3 Å². The van der Waals surface area contributed by atoms with Crippen LogP contribution in [-0.4, -0.2) is 99.9 Å². The van der Waals surface area contributed by atoms with E-state index in [1.807, 2.05) is 6.26 Å². The molecular formula is C25H36N6O8S. The number of hydrogen-bond acceptors (Lipinski definition) is 9. The second-order valence-electron chi connectivity index (χ2n) is 9.35. The number of phenolic OH excluding ortho intramolecular Hbond substituents is 1. The first-order valence-corrected chi connectivity index (χ1v) is 14.0. The van der Waals surface area contributed by atoms with E-state index in [0.717, 1.165) is 0 Å². The fraction of sp³-hybridized carbons (Fsp3) is 0.520. The van der Waals surface area contributed by atoms with E-state index in [9.17, 15) is 33.9 Å². The molecule has 1 aromatic carbocycles. The Labute approximate surface area is 235 Å². The smallest absolute Gasteiger partial charge is 0.322 e. The third-order valence-electron chi connectivity index (χ3n) is 6.24. The van der Waals surface area contributed by atoms with Gasteiger partial charge >= 0.3 is 5.97 Å². The molecule has 1 saturated heterocycles. The molecule has 220 valence electrons. The summed E-state index contributed by atoms with van der Waals surface area (Å²) in [5, 5.41) is 25.6. The zero-order valence-electron chi connectivity index (χ0n) is 22.1. The second-order valence-corrected chi connectivity index (χ2v) is 10.3. The number of aromatic hydroxyl groups is 1. The minimum Gasteiger partial charge on any atom is -0.508 e. The van der Waals surface area contributed by atoms with Crippen LogP contribution < -0.4 is 27.4 Å². The Morgan fingerprint density at radius 2 is 1.75 bits per heavy atom. The van der Waals surface area contributed by atoms with Crippen molar-refractivity contribution < 1.29 is 39.0 Å². The third kappa shape index (κ3) is 10.0. The number of phenols is 1. The first-order valence-electron chi connectivity index (χ1n) is 12.6. The average Bonchev–Trinajstić information content (AvgIpc) is 3.40. The Morgan fingerprint density at radius 3 is 2.35 bits per heavy atom.